The number of carbonyl (C=O) groups is 1. The van der Waals surface area contributed by atoms with Crippen molar-refractivity contribution in [3.05, 3.63) is 83.0 Å². The number of allylic oxidation sites excluding steroid dienone is 1. The van der Waals surface area contributed by atoms with Crippen molar-refractivity contribution in [2.24, 2.45) is 4.99 Å². The van der Waals surface area contributed by atoms with Gasteiger partial charge in [0.25, 0.3) is 5.56 Å². The number of benzene rings is 2. The fraction of sp³-hybridized carbons (Fsp3) is 0.269. The highest BCUT2D eigenvalue weighted by Gasteiger charge is 2.33. The molecule has 0 spiro atoms. The minimum absolute atomic E-state index is 0.210. The molecule has 0 saturated heterocycles. The zero-order chi connectivity index (χ0) is 26.0. The summed E-state index contributed by atoms with van der Waals surface area (Å²) in [5.74, 6) is 1.33. The molecular weight excluding hydrogens is 548 g/mol. The molecule has 2 aromatic carbocycles. The van der Waals surface area contributed by atoms with E-state index in [0.29, 0.717) is 43.4 Å². The summed E-state index contributed by atoms with van der Waals surface area (Å²) in [7, 11) is 4.71. The van der Waals surface area contributed by atoms with Crippen LogP contribution in [-0.4, -0.2) is 38.5 Å². The average Bonchev–Trinajstić information content (AvgIpc) is 3.17. The molecule has 0 fully saturated rings. The molecule has 0 aliphatic carbocycles. The second kappa shape index (κ2) is 10.7. The number of nitrogens with zero attached hydrogens (tertiary/aromatic N) is 2. The summed E-state index contributed by atoms with van der Waals surface area (Å²) < 4.78 is 24.2. The Morgan fingerprint density at radius 2 is 1.81 bits per heavy atom. The first-order valence-electron chi connectivity index (χ1n) is 11.1. The lowest BCUT2D eigenvalue weighted by atomic mass is 9.96. The van der Waals surface area contributed by atoms with Crippen LogP contribution in [0.5, 0.6) is 17.2 Å². The number of fused-ring (bicyclic) bond motifs is 1. The minimum atomic E-state index is -0.696. The van der Waals surface area contributed by atoms with E-state index in [4.69, 9.17) is 18.9 Å². The van der Waals surface area contributed by atoms with Gasteiger partial charge >= 0.3 is 5.97 Å². The monoisotopic (exact) mass is 572 g/mol. The predicted octanol–water partition coefficient (Wildman–Crippen LogP) is 3.59. The molecule has 188 valence electrons. The highest BCUT2D eigenvalue weighted by atomic mass is 79.9. The van der Waals surface area contributed by atoms with E-state index >= 15 is 0 Å². The highest BCUT2D eigenvalue weighted by molar-refractivity contribution is 9.10. The van der Waals surface area contributed by atoms with Crippen LogP contribution >= 0.6 is 27.3 Å². The van der Waals surface area contributed by atoms with E-state index in [2.05, 4.69) is 20.9 Å². The number of hydrogen-bond acceptors (Lipinski definition) is 8. The van der Waals surface area contributed by atoms with Crippen LogP contribution in [0, 0.1) is 0 Å². The number of halogens is 1. The Bertz CT molecular complexity index is 1520. The van der Waals surface area contributed by atoms with Crippen molar-refractivity contribution in [1.82, 2.24) is 4.57 Å². The van der Waals surface area contributed by atoms with Gasteiger partial charge in [0.05, 0.1) is 54.3 Å². The molecule has 0 N–H and O–H groups in total. The number of methoxy groups -OCH3 is 3. The van der Waals surface area contributed by atoms with Crippen LogP contribution in [0.4, 0.5) is 0 Å². The maximum absolute atomic E-state index is 13.8. The summed E-state index contributed by atoms with van der Waals surface area (Å²) in [5.41, 5.74) is 1.99. The molecule has 3 aromatic rings. The third kappa shape index (κ3) is 4.70. The third-order valence-electron chi connectivity index (χ3n) is 5.74. The fourth-order valence-corrected chi connectivity index (χ4v) is 5.59. The van der Waals surface area contributed by atoms with Crippen LogP contribution in [-0.2, 0) is 9.53 Å². The number of aromatic nitrogens is 1. The molecule has 1 aliphatic rings. The summed E-state index contributed by atoms with van der Waals surface area (Å²) in [6, 6.07) is 10.1. The van der Waals surface area contributed by atoms with E-state index in [1.165, 1.54) is 11.3 Å². The first-order chi connectivity index (χ1) is 17.3. The molecule has 1 aromatic heterocycles. The van der Waals surface area contributed by atoms with Crippen molar-refractivity contribution in [2.75, 3.05) is 27.9 Å². The molecule has 1 aliphatic heterocycles. The molecule has 0 bridgehead atoms. The summed E-state index contributed by atoms with van der Waals surface area (Å²) in [6.07, 6.45) is 1.75. The predicted molar refractivity (Wildman–Crippen MR) is 141 cm³/mol. The lowest BCUT2D eigenvalue weighted by molar-refractivity contribution is -0.139. The Hall–Kier alpha value is -3.37. The van der Waals surface area contributed by atoms with Crippen molar-refractivity contribution < 1.29 is 23.7 Å². The molecular formula is C26H25BrN2O6S. The Labute approximate surface area is 220 Å². The van der Waals surface area contributed by atoms with Crippen molar-refractivity contribution in [2.45, 2.75) is 19.9 Å². The van der Waals surface area contributed by atoms with Gasteiger partial charge in [0, 0.05) is 11.6 Å². The quantitative estimate of drug-likeness (QED) is 0.402. The van der Waals surface area contributed by atoms with Gasteiger partial charge in [0.2, 0.25) is 0 Å². The lowest BCUT2D eigenvalue weighted by Crippen LogP contribution is -2.39. The molecule has 10 heteroatoms. The molecule has 4 rings (SSSR count). The zero-order valence-corrected chi connectivity index (χ0v) is 22.9. The van der Waals surface area contributed by atoms with Crippen LogP contribution in [0.2, 0.25) is 0 Å². The van der Waals surface area contributed by atoms with Gasteiger partial charge in [-0.3, -0.25) is 9.36 Å². The second-order valence-corrected chi connectivity index (χ2v) is 9.67. The number of hydrogen-bond donors (Lipinski definition) is 0. The van der Waals surface area contributed by atoms with Crippen LogP contribution in [0.15, 0.2) is 61.9 Å². The van der Waals surface area contributed by atoms with E-state index < -0.39 is 12.0 Å². The minimum Gasteiger partial charge on any atom is -0.497 e. The van der Waals surface area contributed by atoms with Crippen LogP contribution in [0.1, 0.15) is 31.0 Å². The van der Waals surface area contributed by atoms with Crippen molar-refractivity contribution in [1.29, 1.82) is 0 Å². The van der Waals surface area contributed by atoms with Crippen molar-refractivity contribution >= 4 is 39.3 Å². The van der Waals surface area contributed by atoms with Gasteiger partial charge in [0.1, 0.15) is 17.2 Å². The number of rotatable bonds is 7. The maximum Gasteiger partial charge on any atom is 0.338 e. The van der Waals surface area contributed by atoms with Crippen molar-refractivity contribution in [3.63, 3.8) is 0 Å². The summed E-state index contributed by atoms with van der Waals surface area (Å²) in [5, 5.41) is 0. The van der Waals surface area contributed by atoms with E-state index in [1.807, 2.05) is 18.2 Å². The zero-order valence-electron chi connectivity index (χ0n) is 20.5. The van der Waals surface area contributed by atoms with Gasteiger partial charge in [0.15, 0.2) is 4.80 Å². The van der Waals surface area contributed by atoms with E-state index in [0.717, 1.165) is 10.0 Å². The summed E-state index contributed by atoms with van der Waals surface area (Å²) in [4.78, 5) is 31.9. The topological polar surface area (TPSA) is 88.4 Å². The molecule has 1 atom stereocenters. The van der Waals surface area contributed by atoms with Gasteiger partial charge in [-0.05, 0) is 59.6 Å². The number of esters is 1. The van der Waals surface area contributed by atoms with Crippen LogP contribution < -0.4 is 29.1 Å². The average molecular weight is 573 g/mol. The first-order valence-corrected chi connectivity index (χ1v) is 12.7. The number of ether oxygens (including phenoxy) is 4. The normalized spacial score (nSPS) is 15.3. The molecule has 36 heavy (non-hydrogen) atoms. The van der Waals surface area contributed by atoms with Gasteiger partial charge < -0.3 is 18.9 Å². The smallest absolute Gasteiger partial charge is 0.338 e. The third-order valence-corrected chi connectivity index (χ3v) is 7.34. The van der Waals surface area contributed by atoms with Gasteiger partial charge in [-0.2, -0.15) is 0 Å². The standard InChI is InChI=1S/C26H25BrN2O6S/c1-6-35-25(31)22-14(2)28-26-29(23(22)15-7-9-17(32-3)10-8-15)24(30)21(36-26)12-16-11-18(27)20(34-5)13-19(16)33-4/h7-13,23H,6H2,1-5H3/b21-12-/t23-/m0/s1. The second-order valence-electron chi connectivity index (χ2n) is 7.80. The van der Waals surface area contributed by atoms with E-state index in [-0.39, 0.29) is 12.2 Å². The van der Waals surface area contributed by atoms with Gasteiger partial charge in [-0.25, -0.2) is 9.79 Å². The maximum atomic E-state index is 13.8. The largest absolute Gasteiger partial charge is 0.497 e. The fourth-order valence-electron chi connectivity index (χ4n) is 4.03. The number of thiazole rings is 1. The van der Waals surface area contributed by atoms with E-state index in [1.54, 1.807) is 64.0 Å². The van der Waals surface area contributed by atoms with Gasteiger partial charge in [-0.15, -0.1) is 0 Å². The molecule has 0 amide bonds. The van der Waals surface area contributed by atoms with Crippen molar-refractivity contribution in [3.8, 4) is 17.2 Å². The first kappa shape index (κ1) is 25.7. The van der Waals surface area contributed by atoms with E-state index in [9.17, 15) is 9.59 Å². The lowest BCUT2D eigenvalue weighted by Gasteiger charge is -2.24. The Morgan fingerprint density at radius 3 is 2.42 bits per heavy atom. The summed E-state index contributed by atoms with van der Waals surface area (Å²) in [6.45, 7) is 3.71. The Kier molecular flexibility index (Phi) is 7.65. The Balaban J connectivity index is 1.95. The molecule has 0 unspecified atom stereocenters. The molecule has 0 saturated carbocycles. The highest BCUT2D eigenvalue weighted by Crippen LogP contribution is 2.34. The van der Waals surface area contributed by atoms with Crippen LogP contribution in [0.25, 0.3) is 6.08 Å². The Morgan fingerprint density at radius 1 is 1.11 bits per heavy atom. The van der Waals surface area contributed by atoms with Crippen LogP contribution in [0.3, 0.4) is 0 Å². The summed E-state index contributed by atoms with van der Waals surface area (Å²) >= 11 is 4.73. The molecule has 0 radical (unpaired) electrons. The van der Waals surface area contributed by atoms with Gasteiger partial charge in [-0.1, -0.05) is 23.5 Å². The SMILES string of the molecule is CCOC(=O)C1=C(C)N=c2s/c(=C\c3cc(Br)c(OC)cc3OC)c(=O)n2[C@H]1c1ccc(OC)cc1. The number of carbonyl (C=O) groups excluding carboxylic acids is 1. The molecule has 2 heterocycles. The molecule has 8 nitrogen and oxygen atoms in total.